The Bertz CT molecular complexity index is 817. The van der Waals surface area contributed by atoms with E-state index in [0.717, 1.165) is 0 Å². The van der Waals surface area contributed by atoms with Crippen molar-refractivity contribution in [3.8, 4) is 5.69 Å². The molecule has 6 nitrogen and oxygen atoms in total. The maximum atomic E-state index is 14.1. The van der Waals surface area contributed by atoms with Crippen molar-refractivity contribution in [2.75, 3.05) is 5.32 Å². The number of benzene rings is 1. The van der Waals surface area contributed by atoms with E-state index in [2.05, 4.69) is 20.4 Å². The molecule has 0 aliphatic heterocycles. The number of para-hydroxylation sites is 1. The molecule has 0 unspecified atom stereocenters. The molecule has 3 aromatic rings. The van der Waals surface area contributed by atoms with Crippen molar-refractivity contribution in [3.05, 3.63) is 66.3 Å². The van der Waals surface area contributed by atoms with Crippen LogP contribution in [-0.2, 0) is 0 Å². The van der Waals surface area contributed by atoms with Crippen molar-refractivity contribution >= 4 is 11.6 Å². The number of hydrogen-bond acceptors (Lipinski definition) is 4. The maximum absolute atomic E-state index is 14.1. The molecule has 3 rings (SSSR count). The lowest BCUT2D eigenvalue weighted by molar-refractivity contribution is 0.102. The zero-order valence-electron chi connectivity index (χ0n) is 11.7. The van der Waals surface area contributed by atoms with Gasteiger partial charge in [-0.05, 0) is 25.1 Å². The molecule has 0 radical (unpaired) electrons. The number of aryl methyl sites for hydroxylation is 1. The second-order valence-electron chi connectivity index (χ2n) is 4.56. The number of carbonyl (C=O) groups is 1. The lowest BCUT2D eigenvalue weighted by atomic mass is 10.1. The highest BCUT2D eigenvalue weighted by atomic mass is 19.1. The number of nitrogens with zero attached hydrogens (tertiary/aromatic N) is 4. The summed E-state index contributed by atoms with van der Waals surface area (Å²) in [6, 6.07) is 5.95. The van der Waals surface area contributed by atoms with Gasteiger partial charge in [0.2, 0.25) is 0 Å². The molecule has 0 aliphatic rings. The predicted molar refractivity (Wildman–Crippen MR) is 78.2 cm³/mol. The molecule has 22 heavy (non-hydrogen) atoms. The van der Waals surface area contributed by atoms with E-state index < -0.39 is 11.7 Å². The van der Waals surface area contributed by atoms with Crippen molar-refractivity contribution in [2.45, 2.75) is 6.92 Å². The first-order chi connectivity index (χ1) is 10.7. The monoisotopic (exact) mass is 297 g/mol. The summed E-state index contributed by atoms with van der Waals surface area (Å²) in [5, 5.41) is 6.67. The maximum Gasteiger partial charge on any atom is 0.258 e. The minimum absolute atomic E-state index is 0.0968. The molecule has 1 amide bonds. The smallest absolute Gasteiger partial charge is 0.258 e. The molecule has 0 fully saturated rings. The van der Waals surface area contributed by atoms with E-state index in [1.807, 2.05) is 0 Å². The first-order valence-corrected chi connectivity index (χ1v) is 6.53. The molecule has 0 saturated heterocycles. The summed E-state index contributed by atoms with van der Waals surface area (Å²) < 4.78 is 15.4. The second-order valence-corrected chi connectivity index (χ2v) is 4.56. The van der Waals surface area contributed by atoms with Crippen LogP contribution in [0.5, 0.6) is 0 Å². The Hall–Kier alpha value is -3.09. The number of anilines is 1. The standard InChI is InChI=1S/C15H12FN5O/c1-10-13(8-17-9-18-10)20-15(22)11-4-2-5-12(16)14(11)21-7-3-6-19-21/h2-9H,1H3,(H,20,22). The third-order valence-corrected chi connectivity index (χ3v) is 3.12. The number of carbonyl (C=O) groups excluding carboxylic acids is 1. The highest BCUT2D eigenvalue weighted by Crippen LogP contribution is 2.20. The van der Waals surface area contributed by atoms with Gasteiger partial charge in [0.05, 0.1) is 23.1 Å². The molecule has 7 heteroatoms. The van der Waals surface area contributed by atoms with E-state index in [-0.39, 0.29) is 11.3 Å². The molecular weight excluding hydrogens is 285 g/mol. The van der Waals surface area contributed by atoms with Crippen molar-refractivity contribution in [1.29, 1.82) is 0 Å². The number of amides is 1. The molecule has 2 heterocycles. The van der Waals surface area contributed by atoms with Gasteiger partial charge in [0.15, 0.2) is 0 Å². The van der Waals surface area contributed by atoms with Crippen LogP contribution in [0.3, 0.4) is 0 Å². The zero-order chi connectivity index (χ0) is 15.5. The van der Waals surface area contributed by atoms with Gasteiger partial charge in [0.1, 0.15) is 17.8 Å². The summed E-state index contributed by atoms with van der Waals surface area (Å²) in [5.74, 6) is -0.986. The number of nitrogens with one attached hydrogen (secondary N) is 1. The first kappa shape index (κ1) is 13.9. The van der Waals surface area contributed by atoms with E-state index in [1.54, 1.807) is 19.2 Å². The average Bonchev–Trinajstić information content (AvgIpc) is 3.03. The normalized spacial score (nSPS) is 10.5. The molecule has 0 saturated carbocycles. The van der Waals surface area contributed by atoms with Crippen molar-refractivity contribution in [1.82, 2.24) is 19.7 Å². The van der Waals surface area contributed by atoms with E-state index >= 15 is 0 Å². The van der Waals surface area contributed by atoms with Gasteiger partial charge in [-0.15, -0.1) is 0 Å². The van der Waals surface area contributed by atoms with Crippen LogP contribution in [0.2, 0.25) is 0 Å². The second kappa shape index (κ2) is 5.72. The summed E-state index contributed by atoms with van der Waals surface area (Å²) in [4.78, 5) is 20.3. The Morgan fingerprint density at radius 2 is 2.18 bits per heavy atom. The SMILES string of the molecule is Cc1ncncc1NC(=O)c1cccc(F)c1-n1cccn1. The average molecular weight is 297 g/mol. The van der Waals surface area contributed by atoms with Crippen LogP contribution in [-0.4, -0.2) is 25.7 Å². The van der Waals surface area contributed by atoms with Gasteiger partial charge in [-0.2, -0.15) is 5.10 Å². The van der Waals surface area contributed by atoms with Gasteiger partial charge in [0, 0.05) is 12.4 Å². The van der Waals surface area contributed by atoms with Crippen LogP contribution in [0, 0.1) is 12.7 Å². The van der Waals surface area contributed by atoms with Gasteiger partial charge in [-0.3, -0.25) is 4.79 Å². The minimum atomic E-state index is -0.530. The molecule has 0 spiro atoms. The Morgan fingerprint density at radius 1 is 1.32 bits per heavy atom. The minimum Gasteiger partial charge on any atom is -0.319 e. The summed E-state index contributed by atoms with van der Waals surface area (Å²) in [6.07, 6.45) is 5.98. The molecular formula is C15H12FN5O. The van der Waals surface area contributed by atoms with Gasteiger partial charge in [0.25, 0.3) is 5.91 Å². The fraction of sp³-hybridized carbons (Fsp3) is 0.0667. The Labute approximate surface area is 125 Å². The number of rotatable bonds is 3. The molecule has 110 valence electrons. The van der Waals surface area contributed by atoms with Crippen LogP contribution in [0.4, 0.5) is 10.1 Å². The predicted octanol–water partition coefficient (Wildman–Crippen LogP) is 2.36. The third kappa shape index (κ3) is 2.56. The number of aromatic nitrogens is 4. The van der Waals surface area contributed by atoms with Gasteiger partial charge >= 0.3 is 0 Å². The summed E-state index contributed by atoms with van der Waals surface area (Å²) in [7, 11) is 0. The van der Waals surface area contributed by atoms with Gasteiger partial charge in [-0.1, -0.05) is 6.07 Å². The Balaban J connectivity index is 2.00. The van der Waals surface area contributed by atoms with Crippen LogP contribution >= 0.6 is 0 Å². The van der Waals surface area contributed by atoms with Crippen LogP contribution in [0.25, 0.3) is 5.69 Å². The summed E-state index contributed by atoms with van der Waals surface area (Å²) in [5.41, 5.74) is 1.37. The van der Waals surface area contributed by atoms with Crippen LogP contribution in [0.15, 0.2) is 49.2 Å². The highest BCUT2D eigenvalue weighted by Gasteiger charge is 2.18. The molecule has 0 atom stereocenters. The van der Waals surface area contributed by atoms with Gasteiger partial charge < -0.3 is 5.32 Å². The van der Waals surface area contributed by atoms with Crippen molar-refractivity contribution < 1.29 is 9.18 Å². The fourth-order valence-corrected chi connectivity index (χ4v) is 2.04. The Morgan fingerprint density at radius 3 is 2.91 bits per heavy atom. The Kier molecular flexibility index (Phi) is 3.61. The molecule has 0 aliphatic carbocycles. The molecule has 1 aromatic carbocycles. The fourth-order valence-electron chi connectivity index (χ4n) is 2.04. The van der Waals surface area contributed by atoms with Crippen molar-refractivity contribution in [3.63, 3.8) is 0 Å². The van der Waals surface area contributed by atoms with E-state index in [4.69, 9.17) is 0 Å². The van der Waals surface area contributed by atoms with Crippen LogP contribution in [0.1, 0.15) is 16.1 Å². The zero-order valence-corrected chi connectivity index (χ0v) is 11.7. The summed E-state index contributed by atoms with van der Waals surface area (Å²) >= 11 is 0. The van der Waals surface area contributed by atoms with Gasteiger partial charge in [-0.25, -0.2) is 19.0 Å². The summed E-state index contributed by atoms with van der Waals surface area (Å²) in [6.45, 7) is 1.75. The van der Waals surface area contributed by atoms with Crippen molar-refractivity contribution in [2.24, 2.45) is 0 Å². The quantitative estimate of drug-likeness (QED) is 0.805. The molecule has 0 bridgehead atoms. The topological polar surface area (TPSA) is 72.7 Å². The largest absolute Gasteiger partial charge is 0.319 e. The van der Waals surface area contributed by atoms with E-state index in [9.17, 15) is 9.18 Å². The lowest BCUT2D eigenvalue weighted by Gasteiger charge is -2.11. The highest BCUT2D eigenvalue weighted by molar-refractivity contribution is 6.06. The van der Waals surface area contributed by atoms with Crippen LogP contribution < -0.4 is 5.32 Å². The number of hydrogen-bond donors (Lipinski definition) is 1. The lowest BCUT2D eigenvalue weighted by Crippen LogP contribution is -2.17. The number of halogens is 1. The van der Waals surface area contributed by atoms with E-state index in [0.29, 0.717) is 11.4 Å². The molecule has 2 aromatic heterocycles. The van der Waals surface area contributed by atoms with E-state index in [1.165, 1.54) is 41.6 Å². The molecule has 1 N–H and O–H groups in total. The third-order valence-electron chi connectivity index (χ3n) is 3.12. The first-order valence-electron chi connectivity index (χ1n) is 6.53.